The Morgan fingerprint density at radius 3 is 2.59 bits per heavy atom. The van der Waals surface area contributed by atoms with Gasteiger partial charge in [0.25, 0.3) is 5.91 Å². The first-order valence-corrected chi connectivity index (χ1v) is 10.1. The van der Waals surface area contributed by atoms with Gasteiger partial charge in [0, 0.05) is 30.5 Å². The third-order valence-corrected chi connectivity index (χ3v) is 6.33. The summed E-state index contributed by atoms with van der Waals surface area (Å²) in [5, 5.41) is 8.46. The molecule has 3 heterocycles. The first kappa shape index (κ1) is 19.9. The van der Waals surface area contributed by atoms with Crippen molar-refractivity contribution in [2.24, 2.45) is 5.41 Å². The summed E-state index contributed by atoms with van der Waals surface area (Å²) in [5.74, 6) is -0.800. The number of nitrogens with zero attached hydrogens (tertiary/aromatic N) is 4. The second-order valence-electron chi connectivity index (χ2n) is 8.66. The van der Waals surface area contributed by atoms with Crippen LogP contribution in [-0.4, -0.2) is 59.1 Å². The standard InChI is InChI=1S/C21H26F2N4O2/c1-13(2)18-24-25-19(29-18)16-11-27(12-21(16)6-8-26(3)9-7-21)20(28)15-5-4-14(22)10-17(15)23/h4-5,10,13,16H,6-9,11-12H2,1-3H3/t16-/m1/s1. The monoisotopic (exact) mass is 404 g/mol. The molecule has 1 aromatic carbocycles. The third-order valence-electron chi connectivity index (χ3n) is 6.33. The van der Waals surface area contributed by atoms with Crippen LogP contribution in [-0.2, 0) is 0 Å². The van der Waals surface area contributed by atoms with Crippen molar-refractivity contribution in [2.45, 2.75) is 38.5 Å². The van der Waals surface area contributed by atoms with Gasteiger partial charge < -0.3 is 14.2 Å². The Morgan fingerprint density at radius 1 is 1.24 bits per heavy atom. The highest BCUT2D eigenvalue weighted by Crippen LogP contribution is 2.49. The molecular formula is C21H26F2N4O2. The molecule has 0 aliphatic carbocycles. The van der Waals surface area contributed by atoms with E-state index in [0.29, 0.717) is 24.9 Å². The molecule has 2 aliphatic rings. The summed E-state index contributed by atoms with van der Waals surface area (Å²) in [6.45, 7) is 6.69. The average Bonchev–Trinajstić information content (AvgIpc) is 3.29. The number of hydrogen-bond donors (Lipinski definition) is 0. The molecule has 8 heteroatoms. The van der Waals surface area contributed by atoms with E-state index in [1.807, 2.05) is 13.8 Å². The molecule has 2 saturated heterocycles. The number of carbonyl (C=O) groups is 1. The van der Waals surface area contributed by atoms with Crippen LogP contribution in [0, 0.1) is 17.0 Å². The predicted octanol–water partition coefficient (Wildman–Crippen LogP) is 3.42. The topological polar surface area (TPSA) is 62.5 Å². The van der Waals surface area contributed by atoms with Crippen molar-refractivity contribution in [1.29, 1.82) is 0 Å². The van der Waals surface area contributed by atoms with Crippen molar-refractivity contribution in [1.82, 2.24) is 20.0 Å². The summed E-state index contributed by atoms with van der Waals surface area (Å²) in [6, 6.07) is 3.08. The van der Waals surface area contributed by atoms with Gasteiger partial charge in [-0.15, -0.1) is 10.2 Å². The highest BCUT2D eigenvalue weighted by atomic mass is 19.1. The van der Waals surface area contributed by atoms with Crippen LogP contribution >= 0.6 is 0 Å². The predicted molar refractivity (Wildman–Crippen MR) is 103 cm³/mol. The van der Waals surface area contributed by atoms with E-state index in [2.05, 4.69) is 22.1 Å². The highest BCUT2D eigenvalue weighted by molar-refractivity contribution is 5.94. The number of hydrogen-bond acceptors (Lipinski definition) is 5. The summed E-state index contributed by atoms with van der Waals surface area (Å²) < 4.78 is 33.4. The van der Waals surface area contributed by atoms with Gasteiger partial charge in [-0.2, -0.15) is 0 Å². The largest absolute Gasteiger partial charge is 0.425 e. The first-order valence-electron chi connectivity index (χ1n) is 10.1. The maximum atomic E-state index is 14.2. The molecular weight excluding hydrogens is 378 g/mol. The van der Waals surface area contributed by atoms with Gasteiger partial charge in [0.1, 0.15) is 11.6 Å². The smallest absolute Gasteiger partial charge is 0.256 e. The Kier molecular flexibility index (Phi) is 5.14. The van der Waals surface area contributed by atoms with Gasteiger partial charge in [0.05, 0.1) is 11.5 Å². The van der Waals surface area contributed by atoms with Gasteiger partial charge in [-0.05, 0) is 45.1 Å². The fourth-order valence-electron chi connectivity index (χ4n) is 4.49. The van der Waals surface area contributed by atoms with E-state index >= 15 is 0 Å². The fraction of sp³-hybridized carbons (Fsp3) is 0.571. The zero-order valence-electron chi connectivity index (χ0n) is 17.0. The summed E-state index contributed by atoms with van der Waals surface area (Å²) in [7, 11) is 2.08. The number of piperidine rings is 1. The minimum absolute atomic E-state index is 0.0938. The Labute approximate surface area is 168 Å². The zero-order valence-corrected chi connectivity index (χ0v) is 17.0. The second kappa shape index (κ2) is 7.48. The van der Waals surface area contributed by atoms with Crippen LogP contribution in [0.5, 0.6) is 0 Å². The van der Waals surface area contributed by atoms with E-state index in [0.717, 1.165) is 38.1 Å². The first-order chi connectivity index (χ1) is 13.8. The number of aromatic nitrogens is 2. The van der Waals surface area contributed by atoms with Crippen molar-refractivity contribution < 1.29 is 18.0 Å². The molecule has 0 saturated carbocycles. The fourth-order valence-corrected chi connectivity index (χ4v) is 4.49. The van der Waals surface area contributed by atoms with E-state index in [1.54, 1.807) is 4.90 Å². The second-order valence-corrected chi connectivity index (χ2v) is 8.66. The Balaban J connectivity index is 1.65. The number of halogens is 2. The van der Waals surface area contributed by atoms with Crippen LogP contribution in [0.1, 0.15) is 60.7 Å². The number of carbonyl (C=O) groups excluding carboxylic acids is 1. The maximum absolute atomic E-state index is 14.2. The summed E-state index contributed by atoms with van der Waals surface area (Å²) in [5.41, 5.74) is -0.289. The molecule has 0 N–H and O–H groups in total. The van der Waals surface area contributed by atoms with E-state index in [1.165, 1.54) is 6.07 Å². The molecule has 0 unspecified atom stereocenters. The quantitative estimate of drug-likeness (QED) is 0.784. The lowest BCUT2D eigenvalue weighted by atomic mass is 9.71. The Bertz CT molecular complexity index is 906. The van der Waals surface area contributed by atoms with E-state index < -0.39 is 17.5 Å². The van der Waals surface area contributed by atoms with E-state index in [9.17, 15) is 13.6 Å². The lowest BCUT2D eigenvalue weighted by molar-refractivity contribution is 0.0722. The van der Waals surface area contributed by atoms with Crippen LogP contribution < -0.4 is 0 Å². The van der Waals surface area contributed by atoms with Gasteiger partial charge in [-0.25, -0.2) is 8.78 Å². The van der Waals surface area contributed by atoms with Gasteiger partial charge in [-0.1, -0.05) is 13.8 Å². The molecule has 156 valence electrons. The molecule has 2 aliphatic heterocycles. The van der Waals surface area contributed by atoms with E-state index in [4.69, 9.17) is 4.42 Å². The minimum Gasteiger partial charge on any atom is -0.425 e. The molecule has 2 fully saturated rings. The van der Waals surface area contributed by atoms with Gasteiger partial charge in [-0.3, -0.25) is 4.79 Å². The molecule has 0 bridgehead atoms. The van der Waals surface area contributed by atoms with Crippen LogP contribution in [0.2, 0.25) is 0 Å². The third kappa shape index (κ3) is 3.66. The van der Waals surface area contributed by atoms with Crippen molar-refractivity contribution in [2.75, 3.05) is 33.2 Å². The Hall–Kier alpha value is -2.35. The normalized spacial score (nSPS) is 22.0. The summed E-state index contributed by atoms with van der Waals surface area (Å²) >= 11 is 0. The molecule has 1 amide bonds. The molecule has 1 spiro atoms. The lowest BCUT2D eigenvalue weighted by Crippen LogP contribution is -2.42. The molecule has 2 aromatic rings. The summed E-state index contributed by atoms with van der Waals surface area (Å²) in [4.78, 5) is 17.0. The van der Waals surface area contributed by atoms with Crippen molar-refractivity contribution in [3.05, 3.63) is 47.2 Å². The van der Waals surface area contributed by atoms with Crippen molar-refractivity contribution in [3.8, 4) is 0 Å². The summed E-state index contributed by atoms with van der Waals surface area (Å²) in [6.07, 6.45) is 1.78. The molecule has 29 heavy (non-hydrogen) atoms. The minimum atomic E-state index is -0.837. The molecule has 0 radical (unpaired) electrons. The average molecular weight is 404 g/mol. The van der Waals surface area contributed by atoms with Crippen LogP contribution in [0.4, 0.5) is 8.78 Å². The molecule has 6 nitrogen and oxygen atoms in total. The van der Waals surface area contributed by atoms with Crippen LogP contribution in [0.25, 0.3) is 0 Å². The molecule has 4 rings (SSSR count). The molecule has 1 atom stereocenters. The highest BCUT2D eigenvalue weighted by Gasteiger charge is 2.52. The SMILES string of the molecule is CC(C)c1nnc([C@H]2CN(C(=O)c3ccc(F)cc3F)CC23CCN(C)CC3)o1. The van der Waals surface area contributed by atoms with E-state index in [-0.39, 0.29) is 22.8 Å². The number of likely N-dealkylation sites (tertiary alicyclic amines) is 2. The Morgan fingerprint density at radius 2 is 1.97 bits per heavy atom. The number of amides is 1. The maximum Gasteiger partial charge on any atom is 0.256 e. The van der Waals surface area contributed by atoms with Crippen molar-refractivity contribution >= 4 is 5.91 Å². The molecule has 1 aromatic heterocycles. The number of benzene rings is 1. The van der Waals surface area contributed by atoms with Crippen LogP contribution in [0.15, 0.2) is 22.6 Å². The number of rotatable bonds is 3. The van der Waals surface area contributed by atoms with Gasteiger partial charge >= 0.3 is 0 Å². The van der Waals surface area contributed by atoms with Crippen LogP contribution in [0.3, 0.4) is 0 Å². The van der Waals surface area contributed by atoms with Gasteiger partial charge in [0.2, 0.25) is 11.8 Å². The zero-order chi connectivity index (χ0) is 20.8. The van der Waals surface area contributed by atoms with Crippen molar-refractivity contribution in [3.63, 3.8) is 0 Å². The lowest BCUT2D eigenvalue weighted by Gasteiger charge is -2.40. The van der Waals surface area contributed by atoms with Gasteiger partial charge in [0.15, 0.2) is 0 Å².